The molecule has 0 aromatic carbocycles. The summed E-state index contributed by atoms with van der Waals surface area (Å²) in [5.74, 6) is 2.33. The summed E-state index contributed by atoms with van der Waals surface area (Å²) in [5, 5.41) is 10.8. The number of nitrogens with zero attached hydrogens (tertiary/aromatic N) is 4. The van der Waals surface area contributed by atoms with Gasteiger partial charge in [0.2, 0.25) is 5.91 Å². The maximum atomic E-state index is 11.9. The Balaban J connectivity index is 1.82. The van der Waals surface area contributed by atoms with Gasteiger partial charge >= 0.3 is 5.69 Å². The summed E-state index contributed by atoms with van der Waals surface area (Å²) < 4.78 is 1.35. The zero-order chi connectivity index (χ0) is 16.2. The van der Waals surface area contributed by atoms with Gasteiger partial charge in [-0.2, -0.15) is 15.2 Å². The number of hydrogen-bond acceptors (Lipinski definition) is 5. The number of aryl methyl sites for hydroxylation is 2. The van der Waals surface area contributed by atoms with Crippen LogP contribution in [0, 0.1) is 26.2 Å². The Bertz CT molecular complexity index is 693. The second kappa shape index (κ2) is 6.52. The number of carbonyl (C=O) groups excluding carboxylic acids is 1. The molecule has 1 aromatic heterocycles. The molecule has 0 bridgehead atoms. The van der Waals surface area contributed by atoms with Crippen molar-refractivity contribution in [3.63, 3.8) is 0 Å². The Morgan fingerprint density at radius 3 is 2.73 bits per heavy atom. The third kappa shape index (κ3) is 4.01. The van der Waals surface area contributed by atoms with Gasteiger partial charge in [0.15, 0.2) is 5.66 Å². The number of nitrogens with one attached hydrogen (secondary N) is 1. The molecule has 1 aliphatic heterocycles. The fraction of sp³-hybridized carbons (Fsp3) is 0.533. The number of rotatable bonds is 7. The normalized spacial score (nSPS) is 14.4. The van der Waals surface area contributed by atoms with E-state index in [0.29, 0.717) is 37.2 Å². The Kier molecular flexibility index (Phi) is 4.71. The molecule has 116 valence electrons. The van der Waals surface area contributed by atoms with Gasteiger partial charge in [0.05, 0.1) is 0 Å². The second-order valence-electron chi connectivity index (χ2n) is 5.39. The maximum Gasteiger partial charge on any atom is 0.348 e. The summed E-state index contributed by atoms with van der Waals surface area (Å²) in [4.78, 5) is 27.5. The van der Waals surface area contributed by atoms with Gasteiger partial charge in [0, 0.05) is 37.2 Å². The van der Waals surface area contributed by atoms with E-state index in [9.17, 15) is 9.59 Å². The van der Waals surface area contributed by atoms with E-state index in [2.05, 4.69) is 26.4 Å². The van der Waals surface area contributed by atoms with Gasteiger partial charge in [-0.15, -0.1) is 12.3 Å². The number of carbonyl (C=O) groups is 1. The first-order chi connectivity index (χ1) is 10.5. The predicted molar refractivity (Wildman–Crippen MR) is 81.3 cm³/mol. The van der Waals surface area contributed by atoms with Crippen molar-refractivity contribution in [1.29, 1.82) is 0 Å². The third-order valence-corrected chi connectivity index (χ3v) is 3.55. The van der Waals surface area contributed by atoms with Crippen molar-refractivity contribution >= 4 is 5.91 Å². The zero-order valence-corrected chi connectivity index (χ0v) is 12.8. The van der Waals surface area contributed by atoms with Crippen molar-refractivity contribution in [3.8, 4) is 12.3 Å². The average Bonchev–Trinajstić information content (AvgIpc) is 3.21. The van der Waals surface area contributed by atoms with Crippen molar-refractivity contribution in [2.45, 2.75) is 45.3 Å². The lowest BCUT2D eigenvalue weighted by Gasteiger charge is -2.12. The van der Waals surface area contributed by atoms with Crippen molar-refractivity contribution in [2.75, 3.05) is 6.54 Å². The molecule has 0 fully saturated rings. The van der Waals surface area contributed by atoms with E-state index < -0.39 is 11.4 Å². The molecule has 0 saturated carbocycles. The van der Waals surface area contributed by atoms with Crippen molar-refractivity contribution in [2.24, 2.45) is 10.2 Å². The standard InChI is InChI=1S/C15H19N5O2/c1-4-5-6-15(18-19-15)7-8-16-13(21)10-20-12(3)9-11(2)17-14(20)22/h1,9H,5-8,10H2,2-3H3,(H,16,21). The molecule has 1 N–H and O–H groups in total. The van der Waals surface area contributed by atoms with E-state index in [1.165, 1.54) is 4.57 Å². The number of hydrogen-bond donors (Lipinski definition) is 1. The molecule has 2 rings (SSSR count). The van der Waals surface area contributed by atoms with Crippen molar-refractivity contribution in [1.82, 2.24) is 14.9 Å². The Hall–Kier alpha value is -2.49. The minimum atomic E-state index is -0.412. The molecule has 0 radical (unpaired) electrons. The van der Waals surface area contributed by atoms with Crippen LogP contribution in [0.15, 0.2) is 21.1 Å². The Morgan fingerprint density at radius 1 is 1.41 bits per heavy atom. The molecule has 0 unspecified atom stereocenters. The van der Waals surface area contributed by atoms with Crippen molar-refractivity contribution in [3.05, 3.63) is 27.9 Å². The highest BCUT2D eigenvalue weighted by molar-refractivity contribution is 5.75. The zero-order valence-electron chi connectivity index (χ0n) is 12.8. The van der Waals surface area contributed by atoms with Crippen molar-refractivity contribution < 1.29 is 4.79 Å². The van der Waals surface area contributed by atoms with Gasteiger partial charge < -0.3 is 5.32 Å². The molecule has 2 heterocycles. The summed E-state index contributed by atoms with van der Waals surface area (Å²) in [6.07, 6.45) is 7.17. The van der Waals surface area contributed by atoms with Gasteiger partial charge in [0.1, 0.15) is 6.54 Å². The summed E-state index contributed by atoms with van der Waals surface area (Å²) in [6.45, 7) is 3.93. The molecule has 0 atom stereocenters. The average molecular weight is 301 g/mol. The lowest BCUT2D eigenvalue weighted by molar-refractivity contribution is -0.121. The first kappa shape index (κ1) is 15.9. The van der Waals surface area contributed by atoms with Gasteiger partial charge in [-0.05, 0) is 19.9 Å². The highest BCUT2D eigenvalue weighted by Gasteiger charge is 2.38. The van der Waals surface area contributed by atoms with Crippen LogP contribution < -0.4 is 11.0 Å². The van der Waals surface area contributed by atoms with E-state index in [1.807, 2.05) is 0 Å². The van der Waals surface area contributed by atoms with Crippen LogP contribution in [-0.4, -0.2) is 27.7 Å². The molecule has 1 amide bonds. The minimum absolute atomic E-state index is 0.0381. The van der Waals surface area contributed by atoms with Gasteiger partial charge in [-0.3, -0.25) is 9.36 Å². The molecule has 0 aliphatic carbocycles. The van der Waals surface area contributed by atoms with E-state index in [4.69, 9.17) is 6.42 Å². The molecule has 0 saturated heterocycles. The van der Waals surface area contributed by atoms with Crippen LogP contribution in [0.4, 0.5) is 0 Å². The van der Waals surface area contributed by atoms with Crippen LogP contribution >= 0.6 is 0 Å². The summed E-state index contributed by atoms with van der Waals surface area (Å²) in [5.41, 5.74) is 0.542. The largest absolute Gasteiger partial charge is 0.354 e. The van der Waals surface area contributed by atoms with Crippen LogP contribution in [0.3, 0.4) is 0 Å². The monoisotopic (exact) mass is 301 g/mol. The first-order valence-corrected chi connectivity index (χ1v) is 7.15. The van der Waals surface area contributed by atoms with Crippen LogP contribution in [0.1, 0.15) is 30.7 Å². The lowest BCUT2D eigenvalue weighted by Crippen LogP contribution is -2.36. The quantitative estimate of drug-likeness (QED) is 0.760. The van der Waals surface area contributed by atoms with Crippen LogP contribution in [-0.2, 0) is 11.3 Å². The van der Waals surface area contributed by atoms with Crippen LogP contribution in [0.5, 0.6) is 0 Å². The summed E-state index contributed by atoms with van der Waals surface area (Å²) in [6, 6.07) is 1.77. The topological polar surface area (TPSA) is 88.7 Å². The highest BCUT2D eigenvalue weighted by atomic mass is 16.2. The molecule has 22 heavy (non-hydrogen) atoms. The van der Waals surface area contributed by atoms with E-state index in [1.54, 1.807) is 19.9 Å². The molecule has 0 spiro atoms. The van der Waals surface area contributed by atoms with E-state index >= 15 is 0 Å². The summed E-state index contributed by atoms with van der Waals surface area (Å²) in [7, 11) is 0. The molecular formula is C15H19N5O2. The molecule has 7 heteroatoms. The smallest absolute Gasteiger partial charge is 0.348 e. The predicted octanol–water partition coefficient (Wildman–Crippen LogP) is 0.942. The van der Waals surface area contributed by atoms with Crippen LogP contribution in [0.25, 0.3) is 0 Å². The van der Waals surface area contributed by atoms with Gasteiger partial charge in [-0.25, -0.2) is 4.79 Å². The molecule has 7 nitrogen and oxygen atoms in total. The van der Waals surface area contributed by atoms with Gasteiger partial charge in [0.25, 0.3) is 0 Å². The van der Waals surface area contributed by atoms with Crippen LogP contribution in [0.2, 0.25) is 0 Å². The number of amides is 1. The van der Waals surface area contributed by atoms with E-state index in [0.717, 1.165) is 0 Å². The Labute approximate surface area is 128 Å². The van der Waals surface area contributed by atoms with Gasteiger partial charge in [-0.1, -0.05) is 0 Å². The fourth-order valence-electron chi connectivity index (χ4n) is 2.24. The first-order valence-electron chi connectivity index (χ1n) is 7.15. The molecular weight excluding hydrogens is 282 g/mol. The molecule has 1 aromatic rings. The lowest BCUT2D eigenvalue weighted by atomic mass is 10.0. The fourth-order valence-corrected chi connectivity index (χ4v) is 2.24. The van der Waals surface area contributed by atoms with E-state index in [-0.39, 0.29) is 12.5 Å². The maximum absolute atomic E-state index is 11.9. The number of terminal acetylenes is 1. The molecule has 1 aliphatic rings. The minimum Gasteiger partial charge on any atom is -0.354 e. The summed E-state index contributed by atoms with van der Waals surface area (Å²) >= 11 is 0. The number of aromatic nitrogens is 2. The highest BCUT2D eigenvalue weighted by Crippen LogP contribution is 2.35. The Morgan fingerprint density at radius 2 is 2.14 bits per heavy atom. The second-order valence-corrected chi connectivity index (χ2v) is 5.39. The third-order valence-electron chi connectivity index (χ3n) is 3.55. The SMILES string of the molecule is C#CCCC1(CCNC(=O)Cn2c(C)cc(C)nc2=O)N=N1.